The number of hydrogen-bond acceptors (Lipinski definition) is 4. The van der Waals surface area contributed by atoms with Crippen LogP contribution in [0.5, 0.6) is 5.75 Å². The van der Waals surface area contributed by atoms with E-state index in [1.165, 1.54) is 18.7 Å². The first kappa shape index (κ1) is 15.1. The monoisotopic (exact) mass is 278 g/mol. The Morgan fingerprint density at radius 3 is 2.58 bits per heavy atom. The van der Waals surface area contributed by atoms with Gasteiger partial charge < -0.3 is 9.84 Å². The van der Waals surface area contributed by atoms with Crippen LogP contribution in [0.1, 0.15) is 18.9 Å². The lowest BCUT2D eigenvalue weighted by Crippen LogP contribution is -2.09. The third kappa shape index (κ3) is 7.17. The van der Waals surface area contributed by atoms with Gasteiger partial charge in [-0.2, -0.15) is 0 Å². The second-order valence-corrected chi connectivity index (χ2v) is 4.87. The highest BCUT2D eigenvalue weighted by Gasteiger charge is 1.98. The van der Waals surface area contributed by atoms with Gasteiger partial charge in [-0.25, -0.2) is 4.79 Å². The number of thioether (sulfide) groups is 1. The molecule has 0 aliphatic rings. The van der Waals surface area contributed by atoms with Crippen molar-refractivity contribution in [2.24, 2.45) is 0 Å². The first-order chi connectivity index (χ1) is 9.08. The number of hydrogen-bond donors (Lipinski definition) is 1. The Labute approximate surface area is 116 Å². The molecule has 0 aliphatic carbocycles. The van der Waals surface area contributed by atoms with Gasteiger partial charge in [-0.1, -0.05) is 23.6 Å². The van der Waals surface area contributed by atoms with Crippen molar-refractivity contribution in [2.75, 3.05) is 12.4 Å². The molecule has 0 spiro atoms. The Morgan fingerprint density at radius 1 is 1.32 bits per heavy atom. The molecule has 0 aromatic heterocycles. The molecule has 5 heteroatoms. The van der Waals surface area contributed by atoms with Gasteiger partial charge in [-0.05, 0) is 24.3 Å². The second kappa shape index (κ2) is 8.22. The average molecular weight is 278 g/mol. The van der Waals surface area contributed by atoms with Gasteiger partial charge in [0.05, 0.1) is 0 Å². The number of carboxylic acid groups (broad SMARTS) is 1. The third-order valence-electron chi connectivity index (χ3n) is 1.98. The molecule has 4 nitrogen and oxygen atoms in total. The zero-order valence-electron chi connectivity index (χ0n) is 10.5. The van der Waals surface area contributed by atoms with E-state index in [-0.39, 0.29) is 11.7 Å². The van der Waals surface area contributed by atoms with Crippen LogP contribution in [0.15, 0.2) is 24.3 Å². The molecule has 0 aliphatic heterocycles. The summed E-state index contributed by atoms with van der Waals surface area (Å²) in [4.78, 5) is 21.0. The van der Waals surface area contributed by atoms with Crippen LogP contribution >= 0.6 is 11.8 Å². The molecule has 1 N–H and O–H groups in total. The van der Waals surface area contributed by atoms with Gasteiger partial charge in [0.25, 0.3) is 0 Å². The van der Waals surface area contributed by atoms with Crippen LogP contribution in [0.4, 0.5) is 0 Å². The summed E-state index contributed by atoms with van der Waals surface area (Å²) < 4.78 is 5.00. The Hall–Kier alpha value is -1.93. The van der Waals surface area contributed by atoms with E-state index in [2.05, 4.69) is 11.8 Å². The summed E-state index contributed by atoms with van der Waals surface area (Å²) in [6, 6.07) is 6.89. The molecule has 1 rings (SSSR count). The number of carboxylic acids is 1. The van der Waals surface area contributed by atoms with Gasteiger partial charge in [0.2, 0.25) is 0 Å². The number of ether oxygens (including phenoxy) is 1. The molecule has 0 saturated heterocycles. The molecular weight excluding hydrogens is 264 g/mol. The lowest BCUT2D eigenvalue weighted by atomic mass is 10.2. The van der Waals surface area contributed by atoms with Crippen molar-refractivity contribution in [3.05, 3.63) is 29.8 Å². The SMILES string of the molecule is CC(=O)SCCC#Cc1ccc(OCC(=O)O)cc1. The van der Waals surface area contributed by atoms with Crippen molar-refractivity contribution in [1.29, 1.82) is 0 Å². The standard InChI is InChI=1S/C14H14O4S/c1-11(15)19-9-3-2-4-12-5-7-13(8-6-12)18-10-14(16)17/h5-8H,3,9-10H2,1H3,(H,16,17). The van der Waals surface area contributed by atoms with Crippen molar-refractivity contribution in [3.63, 3.8) is 0 Å². The Morgan fingerprint density at radius 2 is 2.00 bits per heavy atom. The highest BCUT2D eigenvalue weighted by molar-refractivity contribution is 8.13. The number of benzene rings is 1. The predicted molar refractivity (Wildman–Crippen MR) is 74.2 cm³/mol. The molecule has 100 valence electrons. The Bertz CT molecular complexity index is 496. The van der Waals surface area contributed by atoms with Crippen LogP contribution in [0.2, 0.25) is 0 Å². The van der Waals surface area contributed by atoms with E-state index in [0.29, 0.717) is 17.9 Å². The molecular formula is C14H14O4S. The lowest BCUT2D eigenvalue weighted by molar-refractivity contribution is -0.139. The van der Waals surface area contributed by atoms with Crippen molar-refractivity contribution in [3.8, 4) is 17.6 Å². The minimum absolute atomic E-state index is 0.0988. The molecule has 1 aromatic rings. The molecule has 1 aromatic carbocycles. The maximum atomic E-state index is 10.7. The molecule has 0 amide bonds. The van der Waals surface area contributed by atoms with Crippen LogP contribution in [0.3, 0.4) is 0 Å². The maximum Gasteiger partial charge on any atom is 0.341 e. The van der Waals surface area contributed by atoms with E-state index in [9.17, 15) is 9.59 Å². The minimum atomic E-state index is -1.01. The number of rotatable bonds is 5. The van der Waals surface area contributed by atoms with Gasteiger partial charge in [0, 0.05) is 24.7 Å². The summed E-state index contributed by atoms with van der Waals surface area (Å²) in [5.74, 6) is 6.12. The quantitative estimate of drug-likeness (QED) is 0.660. The van der Waals surface area contributed by atoms with E-state index < -0.39 is 5.97 Å². The molecule has 19 heavy (non-hydrogen) atoms. The topological polar surface area (TPSA) is 63.6 Å². The first-order valence-corrected chi connectivity index (χ1v) is 6.63. The fraction of sp³-hybridized carbons (Fsp3) is 0.286. The molecule has 0 radical (unpaired) electrons. The van der Waals surface area contributed by atoms with Gasteiger partial charge >= 0.3 is 5.97 Å². The normalized spacial score (nSPS) is 9.32. The number of carbonyl (C=O) groups excluding carboxylic acids is 1. The zero-order valence-corrected chi connectivity index (χ0v) is 11.3. The fourth-order valence-electron chi connectivity index (χ4n) is 1.19. The van der Waals surface area contributed by atoms with E-state index >= 15 is 0 Å². The largest absolute Gasteiger partial charge is 0.482 e. The third-order valence-corrected chi connectivity index (χ3v) is 2.80. The molecule has 0 bridgehead atoms. The smallest absolute Gasteiger partial charge is 0.341 e. The first-order valence-electron chi connectivity index (χ1n) is 5.65. The van der Waals surface area contributed by atoms with Gasteiger partial charge in [-0.3, -0.25) is 4.79 Å². The van der Waals surface area contributed by atoms with Crippen molar-refractivity contribution < 1.29 is 19.4 Å². The summed E-state index contributed by atoms with van der Waals surface area (Å²) in [6.07, 6.45) is 0.654. The van der Waals surface area contributed by atoms with Gasteiger partial charge in [0.1, 0.15) is 5.75 Å². The van der Waals surface area contributed by atoms with Gasteiger partial charge in [-0.15, -0.1) is 0 Å². The lowest BCUT2D eigenvalue weighted by Gasteiger charge is -2.01. The molecule has 0 unspecified atom stereocenters. The molecule has 0 atom stereocenters. The van der Waals surface area contributed by atoms with Gasteiger partial charge in [0.15, 0.2) is 11.7 Å². The van der Waals surface area contributed by atoms with Crippen LogP contribution in [0.25, 0.3) is 0 Å². The average Bonchev–Trinajstić information content (AvgIpc) is 2.37. The summed E-state index contributed by atoms with van der Waals surface area (Å²) in [6.45, 7) is 1.18. The second-order valence-electron chi connectivity index (χ2n) is 3.60. The highest BCUT2D eigenvalue weighted by atomic mass is 32.2. The minimum Gasteiger partial charge on any atom is -0.482 e. The highest BCUT2D eigenvalue weighted by Crippen LogP contribution is 2.11. The van der Waals surface area contributed by atoms with E-state index in [1.807, 2.05) is 0 Å². The fourth-order valence-corrected chi connectivity index (χ4v) is 1.68. The molecule has 0 heterocycles. The van der Waals surface area contributed by atoms with Crippen LogP contribution in [-0.2, 0) is 9.59 Å². The summed E-state index contributed by atoms with van der Waals surface area (Å²) in [5.41, 5.74) is 0.829. The number of aliphatic carboxylic acids is 1. The maximum absolute atomic E-state index is 10.7. The van der Waals surface area contributed by atoms with Crippen molar-refractivity contribution in [2.45, 2.75) is 13.3 Å². The van der Waals surface area contributed by atoms with Crippen LogP contribution in [-0.4, -0.2) is 28.6 Å². The summed E-state index contributed by atoms with van der Waals surface area (Å²) in [7, 11) is 0. The van der Waals surface area contributed by atoms with E-state index in [4.69, 9.17) is 9.84 Å². The number of carbonyl (C=O) groups is 2. The Kier molecular flexibility index (Phi) is 6.55. The van der Waals surface area contributed by atoms with Crippen molar-refractivity contribution in [1.82, 2.24) is 0 Å². The van der Waals surface area contributed by atoms with Crippen molar-refractivity contribution >= 4 is 22.8 Å². The predicted octanol–water partition coefficient (Wildman–Crippen LogP) is 2.17. The molecule has 0 fully saturated rings. The van der Waals surface area contributed by atoms with E-state index in [0.717, 1.165) is 5.56 Å². The zero-order chi connectivity index (χ0) is 14.1. The summed E-state index contributed by atoms with van der Waals surface area (Å²) in [5, 5.41) is 8.56. The Balaban J connectivity index is 2.41. The summed E-state index contributed by atoms with van der Waals surface area (Å²) >= 11 is 1.26. The van der Waals surface area contributed by atoms with E-state index in [1.54, 1.807) is 24.3 Å². The van der Waals surface area contributed by atoms with Crippen LogP contribution in [0, 0.1) is 11.8 Å². The van der Waals surface area contributed by atoms with Crippen LogP contribution < -0.4 is 4.74 Å². The molecule has 0 saturated carbocycles.